The number of piperidine rings is 1. The summed E-state index contributed by atoms with van der Waals surface area (Å²) in [6.07, 6.45) is 4.39. The van der Waals surface area contributed by atoms with Crippen LogP contribution in [0.1, 0.15) is 46.5 Å². The van der Waals surface area contributed by atoms with Crippen molar-refractivity contribution in [3.8, 4) is 0 Å². The molecule has 1 fully saturated rings. The standard InChI is InChI=1S/C13H25NO2/c1-10(2)6-5-9-16-13(15)12-11(3)7-4-8-14-12/h10-12,14H,4-9H2,1-3H3. The lowest BCUT2D eigenvalue weighted by atomic mass is 9.93. The van der Waals surface area contributed by atoms with Gasteiger partial charge in [0.05, 0.1) is 6.61 Å². The zero-order valence-electron chi connectivity index (χ0n) is 10.8. The van der Waals surface area contributed by atoms with Crippen molar-refractivity contribution in [3.05, 3.63) is 0 Å². The van der Waals surface area contributed by atoms with Crippen LogP contribution < -0.4 is 5.32 Å². The van der Waals surface area contributed by atoms with Gasteiger partial charge in [-0.15, -0.1) is 0 Å². The van der Waals surface area contributed by atoms with Gasteiger partial charge in [-0.3, -0.25) is 4.79 Å². The number of ether oxygens (including phenoxy) is 1. The van der Waals surface area contributed by atoms with E-state index < -0.39 is 0 Å². The number of carbonyl (C=O) groups is 1. The Morgan fingerprint density at radius 2 is 2.25 bits per heavy atom. The maximum atomic E-state index is 11.8. The molecule has 1 aliphatic heterocycles. The second-order valence-corrected chi connectivity index (χ2v) is 5.25. The molecule has 0 aromatic heterocycles. The number of rotatable bonds is 5. The van der Waals surface area contributed by atoms with Crippen LogP contribution in [-0.2, 0) is 9.53 Å². The molecular weight excluding hydrogens is 202 g/mol. The minimum atomic E-state index is -0.0761. The molecule has 1 rings (SSSR count). The van der Waals surface area contributed by atoms with Crippen molar-refractivity contribution in [1.82, 2.24) is 5.32 Å². The van der Waals surface area contributed by atoms with Crippen molar-refractivity contribution >= 4 is 5.97 Å². The predicted octanol–water partition coefficient (Wildman–Crippen LogP) is 2.35. The van der Waals surface area contributed by atoms with Crippen LogP contribution in [0.2, 0.25) is 0 Å². The van der Waals surface area contributed by atoms with Crippen LogP contribution in [0.5, 0.6) is 0 Å². The average molecular weight is 227 g/mol. The Hall–Kier alpha value is -0.570. The smallest absolute Gasteiger partial charge is 0.323 e. The van der Waals surface area contributed by atoms with Crippen LogP contribution in [-0.4, -0.2) is 25.2 Å². The van der Waals surface area contributed by atoms with Crippen LogP contribution in [0.4, 0.5) is 0 Å². The van der Waals surface area contributed by atoms with E-state index in [-0.39, 0.29) is 12.0 Å². The van der Waals surface area contributed by atoms with Gasteiger partial charge in [-0.2, -0.15) is 0 Å². The average Bonchev–Trinajstić information content (AvgIpc) is 2.24. The zero-order valence-corrected chi connectivity index (χ0v) is 10.8. The van der Waals surface area contributed by atoms with Crippen molar-refractivity contribution in [3.63, 3.8) is 0 Å². The van der Waals surface area contributed by atoms with Gasteiger partial charge < -0.3 is 10.1 Å². The highest BCUT2D eigenvalue weighted by Gasteiger charge is 2.28. The number of hydrogen-bond donors (Lipinski definition) is 1. The van der Waals surface area contributed by atoms with E-state index in [0.29, 0.717) is 18.4 Å². The van der Waals surface area contributed by atoms with Crippen LogP contribution >= 0.6 is 0 Å². The molecule has 0 aromatic carbocycles. The Labute approximate surface area is 98.9 Å². The first-order chi connectivity index (χ1) is 7.61. The van der Waals surface area contributed by atoms with E-state index in [1.54, 1.807) is 0 Å². The highest BCUT2D eigenvalue weighted by atomic mass is 16.5. The summed E-state index contributed by atoms with van der Waals surface area (Å²) in [5.74, 6) is 1.03. The molecule has 3 nitrogen and oxygen atoms in total. The molecule has 2 atom stereocenters. The molecule has 94 valence electrons. The molecule has 0 radical (unpaired) electrons. The van der Waals surface area contributed by atoms with E-state index in [9.17, 15) is 4.79 Å². The number of hydrogen-bond acceptors (Lipinski definition) is 3. The molecule has 2 unspecified atom stereocenters. The Morgan fingerprint density at radius 1 is 1.50 bits per heavy atom. The minimum Gasteiger partial charge on any atom is -0.465 e. The molecule has 3 heteroatoms. The lowest BCUT2D eigenvalue weighted by Gasteiger charge is -2.28. The molecule has 1 aliphatic rings. The molecule has 0 saturated carbocycles. The molecule has 0 aliphatic carbocycles. The first kappa shape index (κ1) is 13.5. The summed E-state index contributed by atoms with van der Waals surface area (Å²) >= 11 is 0. The first-order valence-electron chi connectivity index (χ1n) is 6.51. The van der Waals surface area contributed by atoms with E-state index in [4.69, 9.17) is 4.74 Å². The zero-order chi connectivity index (χ0) is 12.0. The number of esters is 1. The van der Waals surface area contributed by atoms with Gasteiger partial charge in [0, 0.05) is 0 Å². The Morgan fingerprint density at radius 3 is 2.88 bits per heavy atom. The highest BCUT2D eigenvalue weighted by molar-refractivity contribution is 5.76. The molecule has 0 spiro atoms. The summed E-state index contributed by atoms with van der Waals surface area (Å²) in [5.41, 5.74) is 0. The molecule has 1 saturated heterocycles. The van der Waals surface area contributed by atoms with E-state index in [2.05, 4.69) is 26.1 Å². The molecule has 0 amide bonds. The van der Waals surface area contributed by atoms with Gasteiger partial charge in [0.25, 0.3) is 0 Å². The fourth-order valence-corrected chi connectivity index (χ4v) is 2.12. The summed E-state index contributed by atoms with van der Waals surface area (Å²) in [6, 6.07) is -0.0761. The summed E-state index contributed by atoms with van der Waals surface area (Å²) in [7, 11) is 0. The number of carbonyl (C=O) groups excluding carboxylic acids is 1. The monoisotopic (exact) mass is 227 g/mol. The van der Waals surface area contributed by atoms with Crippen molar-refractivity contribution < 1.29 is 9.53 Å². The van der Waals surface area contributed by atoms with Gasteiger partial charge in [0.15, 0.2) is 0 Å². The number of nitrogens with one attached hydrogen (secondary N) is 1. The summed E-state index contributed by atoms with van der Waals surface area (Å²) in [5, 5.41) is 3.24. The highest BCUT2D eigenvalue weighted by Crippen LogP contribution is 2.16. The summed E-state index contributed by atoms with van der Waals surface area (Å²) in [6.45, 7) is 8.00. The SMILES string of the molecule is CC(C)CCCOC(=O)C1NCCCC1C. The molecule has 1 N–H and O–H groups in total. The topological polar surface area (TPSA) is 38.3 Å². The van der Waals surface area contributed by atoms with Gasteiger partial charge in [0.1, 0.15) is 6.04 Å². The van der Waals surface area contributed by atoms with E-state index >= 15 is 0 Å². The van der Waals surface area contributed by atoms with Crippen LogP contribution in [0, 0.1) is 11.8 Å². The fourth-order valence-electron chi connectivity index (χ4n) is 2.12. The van der Waals surface area contributed by atoms with E-state index in [1.165, 1.54) is 0 Å². The molecule has 1 heterocycles. The van der Waals surface area contributed by atoms with Gasteiger partial charge in [-0.05, 0) is 44.1 Å². The lowest BCUT2D eigenvalue weighted by molar-refractivity contribution is -0.148. The predicted molar refractivity (Wildman–Crippen MR) is 65.2 cm³/mol. The lowest BCUT2D eigenvalue weighted by Crippen LogP contribution is -2.46. The van der Waals surface area contributed by atoms with Crippen LogP contribution in [0.3, 0.4) is 0 Å². The van der Waals surface area contributed by atoms with Crippen molar-refractivity contribution in [2.24, 2.45) is 11.8 Å². The van der Waals surface area contributed by atoms with Crippen molar-refractivity contribution in [2.45, 2.75) is 52.5 Å². The second kappa shape index (κ2) is 6.89. The summed E-state index contributed by atoms with van der Waals surface area (Å²) < 4.78 is 5.30. The Balaban J connectivity index is 2.18. The largest absolute Gasteiger partial charge is 0.465 e. The van der Waals surface area contributed by atoms with Gasteiger partial charge in [-0.1, -0.05) is 20.8 Å². The molecule has 0 bridgehead atoms. The van der Waals surface area contributed by atoms with Gasteiger partial charge >= 0.3 is 5.97 Å². The maximum Gasteiger partial charge on any atom is 0.323 e. The summed E-state index contributed by atoms with van der Waals surface area (Å²) in [4.78, 5) is 11.8. The molecule has 16 heavy (non-hydrogen) atoms. The van der Waals surface area contributed by atoms with Crippen molar-refractivity contribution in [1.29, 1.82) is 0 Å². The first-order valence-corrected chi connectivity index (χ1v) is 6.51. The quantitative estimate of drug-likeness (QED) is 0.579. The third-order valence-corrected chi connectivity index (χ3v) is 3.19. The normalized spacial score (nSPS) is 25.8. The van der Waals surface area contributed by atoms with Crippen LogP contribution in [0.25, 0.3) is 0 Å². The van der Waals surface area contributed by atoms with E-state index in [0.717, 1.165) is 32.2 Å². The third kappa shape index (κ3) is 4.52. The molecular formula is C13H25NO2. The third-order valence-electron chi connectivity index (χ3n) is 3.19. The maximum absolute atomic E-state index is 11.8. The van der Waals surface area contributed by atoms with Gasteiger partial charge in [0.2, 0.25) is 0 Å². The fraction of sp³-hybridized carbons (Fsp3) is 0.923. The van der Waals surface area contributed by atoms with Crippen molar-refractivity contribution in [2.75, 3.05) is 13.2 Å². The van der Waals surface area contributed by atoms with Gasteiger partial charge in [-0.25, -0.2) is 0 Å². The van der Waals surface area contributed by atoms with E-state index in [1.807, 2.05) is 0 Å². The second-order valence-electron chi connectivity index (χ2n) is 5.25. The van der Waals surface area contributed by atoms with Crippen LogP contribution in [0.15, 0.2) is 0 Å². The molecule has 0 aromatic rings. The Kier molecular flexibility index (Phi) is 5.81. The minimum absolute atomic E-state index is 0.0593. The Bertz CT molecular complexity index is 216.